The van der Waals surface area contributed by atoms with Gasteiger partial charge in [-0.25, -0.2) is 0 Å². The quantitative estimate of drug-likeness (QED) is 0.0553. The number of carbonyl (C=O) groups excluding carboxylic acids is 8. The molecule has 8 aliphatic rings. The lowest BCUT2D eigenvalue weighted by molar-refractivity contribution is -0.175. The first-order valence-electron chi connectivity index (χ1n) is 53.1. The summed E-state index contributed by atoms with van der Waals surface area (Å²) in [6.07, 6.45) is 64.0. The molecule has 0 radical (unpaired) electrons. The highest BCUT2D eigenvalue weighted by Gasteiger charge is 2.45. The van der Waals surface area contributed by atoms with E-state index in [1.54, 1.807) is 0 Å². The van der Waals surface area contributed by atoms with Crippen molar-refractivity contribution >= 4 is 47.8 Å². The second-order valence-corrected chi connectivity index (χ2v) is 45.7. The number of hydrogen-bond acceptors (Lipinski definition) is 16. The molecule has 0 saturated heterocycles. The molecule has 0 bridgehead atoms. The van der Waals surface area contributed by atoms with Gasteiger partial charge in [0.05, 0.1) is 44.3 Å². The summed E-state index contributed by atoms with van der Waals surface area (Å²) in [7, 11) is 0. The molecule has 0 aromatic carbocycles. The Morgan fingerprint density at radius 3 is 0.469 bits per heavy atom. The molecule has 8 saturated carbocycles. The van der Waals surface area contributed by atoms with Crippen LogP contribution in [0.1, 0.15) is 693 Å². The van der Waals surface area contributed by atoms with E-state index in [0.717, 1.165) is 173 Å². The van der Waals surface area contributed by atoms with E-state index in [-0.39, 0.29) is 256 Å². The van der Waals surface area contributed by atoms with E-state index in [1.807, 2.05) is 138 Å². The summed E-state index contributed by atoms with van der Waals surface area (Å²) in [4.78, 5) is 95.8. The number of carbonyl (C=O) groups is 8. The minimum Gasteiger partial charge on any atom is -0.459 e. The largest absolute Gasteiger partial charge is 0.459 e. The van der Waals surface area contributed by atoms with Crippen molar-refractivity contribution in [3.05, 3.63) is 0 Å². The lowest BCUT2D eigenvalue weighted by Gasteiger charge is -2.38. The van der Waals surface area contributed by atoms with Crippen LogP contribution in [0.15, 0.2) is 0 Å². The second-order valence-electron chi connectivity index (χ2n) is 45.7. The van der Waals surface area contributed by atoms with Crippen LogP contribution in [0.5, 0.6) is 0 Å². The smallest absolute Gasteiger partial charge is 0.312 e. The normalized spacial score (nSPS) is 19.0. The number of rotatable bonds is 27. The van der Waals surface area contributed by atoms with Crippen LogP contribution in [0.25, 0.3) is 0 Å². The van der Waals surface area contributed by atoms with Gasteiger partial charge in [-0.3, -0.25) is 38.4 Å². The SMILES string of the molecule is C.C.C.C.C.C.C.C.C.C.C.C.C.C.C.C.CCC(C)(C)C(=O)OC1(C)CCCC1.CCC(C)(C)C(=O)OC1(C)CCCCC1.CCC(C)(C)C(=O)OC1(C)CCCCCCCCC1.CCC(C)(C)C(=O)OC1(C)CCCCCCCCCCC1.CCC(C)C(=O)OC1(C)CCCC1.CCC(C)C(=O)OC1(CC)CCCC1.CCC1(OC(=O)C(C)(C)CC)CCCC1.CCC1(OC(=O)C(C)(C)CC)CCCCC1. The third-order valence-corrected chi connectivity index (χ3v) is 31.6. The first-order valence-corrected chi connectivity index (χ1v) is 53.1. The average Bonchev–Trinajstić information content (AvgIpc) is 1.16. The molecule has 0 spiro atoms. The van der Waals surface area contributed by atoms with E-state index in [2.05, 4.69) is 69.2 Å². The van der Waals surface area contributed by atoms with Crippen molar-refractivity contribution < 1.29 is 76.3 Å². The van der Waals surface area contributed by atoms with Crippen LogP contribution in [0.3, 0.4) is 0 Å². The Kier molecular flexibility index (Phi) is 103. The molecule has 8 rings (SSSR count). The minimum atomic E-state index is -0.354. The zero-order valence-electron chi connectivity index (χ0n) is 89.0. The van der Waals surface area contributed by atoms with E-state index in [1.165, 1.54) is 193 Å². The van der Waals surface area contributed by atoms with Crippen molar-refractivity contribution in [2.75, 3.05) is 0 Å². The summed E-state index contributed by atoms with van der Waals surface area (Å²) in [5.41, 5.74) is -3.43. The third kappa shape index (κ3) is 65.6. The van der Waals surface area contributed by atoms with Gasteiger partial charge in [0.25, 0.3) is 0 Å². The molecule has 2 atom stereocenters. The molecule has 874 valence electrons. The van der Waals surface area contributed by atoms with E-state index in [4.69, 9.17) is 37.9 Å². The van der Waals surface area contributed by atoms with Gasteiger partial charge in [-0.2, -0.15) is 0 Å². The Morgan fingerprint density at radius 2 is 0.308 bits per heavy atom. The summed E-state index contributed by atoms with van der Waals surface area (Å²) in [5, 5.41) is 0. The van der Waals surface area contributed by atoms with Crippen molar-refractivity contribution in [2.24, 2.45) is 44.3 Å². The van der Waals surface area contributed by atoms with Crippen LogP contribution in [0, 0.1) is 44.3 Å². The predicted octanol–water partition coefficient (Wildman–Crippen LogP) is 42.4. The molecule has 16 heteroatoms. The Morgan fingerprint density at radius 1 is 0.189 bits per heavy atom. The van der Waals surface area contributed by atoms with Crippen molar-refractivity contribution in [1.82, 2.24) is 0 Å². The van der Waals surface area contributed by atoms with E-state index in [9.17, 15) is 38.4 Å². The molecule has 0 aromatic rings. The molecular weight excluding hydrogens is 1780 g/mol. The van der Waals surface area contributed by atoms with E-state index in [0.29, 0.717) is 0 Å². The Labute approximate surface area is 900 Å². The maximum absolute atomic E-state index is 12.4. The van der Waals surface area contributed by atoms with Gasteiger partial charge < -0.3 is 37.9 Å². The molecule has 0 aromatic heterocycles. The van der Waals surface area contributed by atoms with Gasteiger partial charge in [-0.05, 0) is 394 Å². The zero-order chi connectivity index (χ0) is 96.7. The van der Waals surface area contributed by atoms with Gasteiger partial charge in [0.1, 0.15) is 44.8 Å². The first kappa shape index (κ1) is 175. The maximum Gasteiger partial charge on any atom is 0.312 e. The summed E-state index contributed by atoms with van der Waals surface area (Å²) in [5.74, 6) is -0.0555. The van der Waals surface area contributed by atoms with Crippen LogP contribution in [0.2, 0.25) is 0 Å². The molecule has 0 heterocycles. The summed E-state index contributed by atoms with van der Waals surface area (Å²) < 4.78 is 46.0. The highest BCUT2D eigenvalue weighted by Crippen LogP contribution is 2.44. The molecule has 8 aliphatic carbocycles. The molecule has 143 heavy (non-hydrogen) atoms. The standard InChI is InChI=1S/C19H36O2.C17H32O2.C14H26O2.2C13H24O2.2C12H22O2.C11H20O2.16CH4/c1-5-18(2,3)17(20)21-19(4)15-13-11-9-7-6-8-10-12-14-16-19;1-5-16(2,3)15(18)19-17(4)13-11-9-7-6-8-10-12-14-17;1-5-13(3,4)12(15)16-14(6-2)10-8-7-9-11-14;1-5-12(2,3)11(14)15-13(4)9-7-6-8-10-13;1-5-12(3,4)11(14)15-13(6-2)9-7-8-10-13;1-5-11(2,3)10(13)14-12(4)8-6-7-9-12;1-4-10(3)11(13)14-12(5-2)8-6-7-9-12;1-4-9(2)10(12)13-11(3)7-5-6-8-11;;;;;;;;;;;;;;;;/h5-16H2,1-4H3;5-14H2,1-4H3;5-11H2,1-4H3;2*5-10H2,1-4H3;5-9H2,1-4H3;10H,4-9H2,1-3H3;9H,4-8H2,1-3H3;16*1H4. The fourth-order valence-corrected chi connectivity index (χ4v) is 17.2. The molecule has 8 fully saturated rings. The maximum atomic E-state index is 12.4. The molecule has 0 amide bonds. The Bertz CT molecular complexity index is 3050. The fraction of sp³-hybridized carbons (Fsp3) is 0.937. The summed E-state index contributed by atoms with van der Waals surface area (Å²) >= 11 is 0. The molecule has 0 aliphatic heterocycles. The predicted molar refractivity (Wildman–Crippen MR) is 633 cm³/mol. The van der Waals surface area contributed by atoms with Gasteiger partial charge in [-0.1, -0.05) is 299 Å². The third-order valence-electron chi connectivity index (χ3n) is 31.6. The first-order chi connectivity index (χ1) is 59.2. The lowest BCUT2D eigenvalue weighted by atomic mass is 9.82. The van der Waals surface area contributed by atoms with Crippen LogP contribution in [-0.4, -0.2) is 92.6 Å². The Hall–Kier alpha value is -4.24. The lowest BCUT2D eigenvalue weighted by Crippen LogP contribution is -2.40. The molecule has 16 nitrogen and oxygen atoms in total. The average molecular weight is 2050 g/mol. The van der Waals surface area contributed by atoms with Crippen LogP contribution < -0.4 is 0 Å². The minimum absolute atomic E-state index is 0. The molecule has 2 unspecified atom stereocenters. The fourth-order valence-electron chi connectivity index (χ4n) is 17.2. The zero-order valence-corrected chi connectivity index (χ0v) is 89.0. The van der Waals surface area contributed by atoms with Crippen molar-refractivity contribution in [3.8, 4) is 0 Å². The van der Waals surface area contributed by atoms with Crippen molar-refractivity contribution in [1.29, 1.82) is 0 Å². The van der Waals surface area contributed by atoms with Crippen LogP contribution >= 0.6 is 0 Å². The highest BCUT2D eigenvalue weighted by atomic mass is 16.6. The summed E-state index contributed by atoms with van der Waals surface area (Å²) in [6, 6.07) is 0. The van der Waals surface area contributed by atoms with Gasteiger partial charge in [0.2, 0.25) is 0 Å². The van der Waals surface area contributed by atoms with Gasteiger partial charge in [0, 0.05) is 0 Å². The molecule has 0 N–H and O–H groups in total. The topological polar surface area (TPSA) is 210 Å². The number of ether oxygens (including phenoxy) is 8. The molecular formula is C127H270O16. The van der Waals surface area contributed by atoms with Gasteiger partial charge >= 0.3 is 47.8 Å². The highest BCUT2D eigenvalue weighted by molar-refractivity contribution is 5.79. The van der Waals surface area contributed by atoms with Crippen molar-refractivity contribution in [2.45, 2.75) is 737 Å². The van der Waals surface area contributed by atoms with E-state index >= 15 is 0 Å². The second kappa shape index (κ2) is 84.4. The monoisotopic (exact) mass is 2050 g/mol. The van der Waals surface area contributed by atoms with Gasteiger partial charge in [0.15, 0.2) is 0 Å². The van der Waals surface area contributed by atoms with Crippen molar-refractivity contribution in [3.63, 3.8) is 0 Å². The summed E-state index contributed by atoms with van der Waals surface area (Å²) in [6.45, 7) is 60.7. The number of hydrogen-bond donors (Lipinski definition) is 0. The van der Waals surface area contributed by atoms with Gasteiger partial charge in [-0.15, -0.1) is 0 Å². The van der Waals surface area contributed by atoms with Crippen LogP contribution in [-0.2, 0) is 76.3 Å². The van der Waals surface area contributed by atoms with E-state index < -0.39 is 0 Å². The number of esters is 8. The van der Waals surface area contributed by atoms with Crippen LogP contribution in [0.4, 0.5) is 0 Å². The Balaban J connectivity index is -0.0000000910.